The lowest BCUT2D eigenvalue weighted by molar-refractivity contribution is -0.167. The standard InChI is InChI=1S/C73H132O6/c1-4-7-10-13-16-19-22-25-27-29-31-33-34-35-36-37-38-40-41-43-45-48-51-54-57-60-63-66-72(75)78-69-70(68-77-71(74)65-62-59-56-53-50-47-24-21-18-15-12-9-6-3)79-73(76)67-64-61-58-55-52-49-46-44-42-39-32-30-28-26-23-20-17-14-11-8-5-2/h21-22,24-25,29-32,34-35,70H,4-20,23,26-28,33,36-69H2,1-3H3/b24-21-,25-22-,31-29-,32-30-,35-34-. The van der Waals surface area contributed by atoms with Gasteiger partial charge >= 0.3 is 17.9 Å². The van der Waals surface area contributed by atoms with Crippen LogP contribution in [0.15, 0.2) is 60.8 Å². The van der Waals surface area contributed by atoms with Crippen molar-refractivity contribution >= 4 is 17.9 Å². The van der Waals surface area contributed by atoms with Gasteiger partial charge in [-0.05, 0) is 109 Å². The molecule has 0 heterocycles. The molecule has 0 aliphatic rings. The Morgan fingerprint density at radius 1 is 0.253 bits per heavy atom. The molecule has 0 amide bonds. The summed E-state index contributed by atoms with van der Waals surface area (Å²) in [5.74, 6) is -0.868. The maximum absolute atomic E-state index is 12.9. The van der Waals surface area contributed by atoms with Crippen LogP contribution in [0.5, 0.6) is 0 Å². The molecule has 0 rings (SSSR count). The molecule has 0 fully saturated rings. The van der Waals surface area contributed by atoms with Crippen LogP contribution in [0, 0.1) is 0 Å². The second-order valence-electron chi connectivity index (χ2n) is 23.4. The third-order valence-electron chi connectivity index (χ3n) is 15.5. The van der Waals surface area contributed by atoms with Gasteiger partial charge in [-0.2, -0.15) is 0 Å². The molecule has 0 aromatic heterocycles. The number of hydrogen-bond donors (Lipinski definition) is 0. The molecule has 6 heteroatoms. The molecular weight excluding hydrogens is 973 g/mol. The molecule has 0 saturated heterocycles. The van der Waals surface area contributed by atoms with Gasteiger partial charge in [0.05, 0.1) is 0 Å². The molecule has 0 aliphatic heterocycles. The van der Waals surface area contributed by atoms with E-state index >= 15 is 0 Å². The zero-order chi connectivity index (χ0) is 57.1. The fourth-order valence-electron chi connectivity index (χ4n) is 10.2. The molecule has 0 saturated carbocycles. The van der Waals surface area contributed by atoms with Gasteiger partial charge in [-0.25, -0.2) is 0 Å². The maximum atomic E-state index is 12.9. The molecule has 0 N–H and O–H groups in total. The third kappa shape index (κ3) is 65.8. The highest BCUT2D eigenvalue weighted by molar-refractivity contribution is 5.71. The summed E-state index contributed by atoms with van der Waals surface area (Å²) in [6, 6.07) is 0. The van der Waals surface area contributed by atoms with E-state index in [1.165, 1.54) is 250 Å². The van der Waals surface area contributed by atoms with E-state index in [4.69, 9.17) is 14.2 Å². The number of esters is 3. The number of hydrogen-bond acceptors (Lipinski definition) is 6. The number of carbonyl (C=O) groups excluding carboxylic acids is 3. The molecule has 79 heavy (non-hydrogen) atoms. The van der Waals surface area contributed by atoms with Crippen LogP contribution < -0.4 is 0 Å². The van der Waals surface area contributed by atoms with E-state index in [0.29, 0.717) is 19.3 Å². The Kier molecular flexibility index (Phi) is 65.1. The predicted molar refractivity (Wildman–Crippen MR) is 344 cm³/mol. The summed E-state index contributed by atoms with van der Waals surface area (Å²) in [5.41, 5.74) is 0. The summed E-state index contributed by atoms with van der Waals surface area (Å²) in [6.07, 6.45) is 86.7. The van der Waals surface area contributed by atoms with E-state index < -0.39 is 6.10 Å². The van der Waals surface area contributed by atoms with Crippen LogP contribution in [-0.2, 0) is 28.6 Å². The van der Waals surface area contributed by atoms with Crippen LogP contribution in [-0.4, -0.2) is 37.2 Å². The molecule has 0 radical (unpaired) electrons. The van der Waals surface area contributed by atoms with Crippen LogP contribution in [0.1, 0.15) is 367 Å². The first kappa shape index (κ1) is 76.1. The molecule has 0 aromatic rings. The van der Waals surface area contributed by atoms with Crippen LogP contribution in [0.4, 0.5) is 0 Å². The smallest absolute Gasteiger partial charge is 0.306 e. The molecule has 6 nitrogen and oxygen atoms in total. The SMILES string of the molecule is CCCCCC/C=C\CCCCCCCC(=O)OCC(COC(=O)CCCCCCCCCCCCCC/C=C\C/C=C\C/C=C\CCCCCCC)OC(=O)CCCCCCCCCCC/C=C\CCCCCCCCCC. The van der Waals surface area contributed by atoms with E-state index in [2.05, 4.69) is 81.5 Å². The maximum Gasteiger partial charge on any atom is 0.306 e. The van der Waals surface area contributed by atoms with E-state index in [-0.39, 0.29) is 31.1 Å². The van der Waals surface area contributed by atoms with Crippen LogP contribution in [0.25, 0.3) is 0 Å². The fourth-order valence-corrected chi connectivity index (χ4v) is 10.2. The Morgan fingerprint density at radius 3 is 0.734 bits per heavy atom. The predicted octanol–water partition coefficient (Wildman–Crippen LogP) is 23.9. The van der Waals surface area contributed by atoms with Gasteiger partial charge in [0.1, 0.15) is 13.2 Å². The monoisotopic (exact) mass is 1110 g/mol. The molecule has 1 atom stereocenters. The normalized spacial score (nSPS) is 12.4. The first-order chi connectivity index (χ1) is 39.0. The van der Waals surface area contributed by atoms with Crippen molar-refractivity contribution in [2.24, 2.45) is 0 Å². The minimum absolute atomic E-state index is 0.0761. The van der Waals surface area contributed by atoms with Crippen LogP contribution >= 0.6 is 0 Å². The molecule has 1 unspecified atom stereocenters. The van der Waals surface area contributed by atoms with Gasteiger partial charge in [0.2, 0.25) is 0 Å². The topological polar surface area (TPSA) is 78.9 Å². The van der Waals surface area contributed by atoms with Crippen molar-refractivity contribution < 1.29 is 28.6 Å². The molecule has 0 bridgehead atoms. The average Bonchev–Trinajstić information content (AvgIpc) is 3.45. The minimum atomic E-state index is -0.780. The fraction of sp³-hybridized carbons (Fsp3) is 0.822. The van der Waals surface area contributed by atoms with Gasteiger partial charge in [0.25, 0.3) is 0 Å². The van der Waals surface area contributed by atoms with Crippen molar-refractivity contribution in [3.63, 3.8) is 0 Å². The lowest BCUT2D eigenvalue weighted by Crippen LogP contribution is -2.30. The molecule has 0 aliphatic carbocycles. The van der Waals surface area contributed by atoms with Gasteiger partial charge in [-0.1, -0.05) is 300 Å². The van der Waals surface area contributed by atoms with Gasteiger partial charge in [-0.15, -0.1) is 0 Å². The second kappa shape index (κ2) is 67.6. The number of carbonyl (C=O) groups is 3. The lowest BCUT2D eigenvalue weighted by atomic mass is 10.0. The highest BCUT2D eigenvalue weighted by Crippen LogP contribution is 2.17. The molecule has 460 valence electrons. The number of rotatable bonds is 64. The van der Waals surface area contributed by atoms with Crippen molar-refractivity contribution in [2.75, 3.05) is 13.2 Å². The van der Waals surface area contributed by atoms with Crippen molar-refractivity contribution in [2.45, 2.75) is 374 Å². The summed E-state index contributed by atoms with van der Waals surface area (Å²) < 4.78 is 17.0. The zero-order valence-corrected chi connectivity index (χ0v) is 52.9. The second-order valence-corrected chi connectivity index (χ2v) is 23.4. The largest absolute Gasteiger partial charge is 0.462 e. The minimum Gasteiger partial charge on any atom is -0.462 e. The van der Waals surface area contributed by atoms with E-state index in [0.717, 1.165) is 77.0 Å². The highest BCUT2D eigenvalue weighted by atomic mass is 16.6. The van der Waals surface area contributed by atoms with Crippen molar-refractivity contribution in [3.8, 4) is 0 Å². The average molecular weight is 1110 g/mol. The van der Waals surface area contributed by atoms with Gasteiger partial charge in [-0.3, -0.25) is 14.4 Å². The highest BCUT2D eigenvalue weighted by Gasteiger charge is 2.19. The Bertz CT molecular complexity index is 1410. The zero-order valence-electron chi connectivity index (χ0n) is 52.9. The van der Waals surface area contributed by atoms with E-state index in [9.17, 15) is 14.4 Å². The Morgan fingerprint density at radius 2 is 0.456 bits per heavy atom. The third-order valence-corrected chi connectivity index (χ3v) is 15.5. The summed E-state index contributed by atoms with van der Waals surface area (Å²) >= 11 is 0. The van der Waals surface area contributed by atoms with E-state index in [1.807, 2.05) is 0 Å². The lowest BCUT2D eigenvalue weighted by Gasteiger charge is -2.18. The first-order valence-corrected chi connectivity index (χ1v) is 34.8. The Labute approximate surface area is 491 Å². The van der Waals surface area contributed by atoms with Crippen molar-refractivity contribution in [1.29, 1.82) is 0 Å². The number of unbranched alkanes of at least 4 members (excludes halogenated alkanes) is 43. The molecule has 0 spiro atoms. The molecular formula is C73H132O6. The van der Waals surface area contributed by atoms with Crippen LogP contribution in [0.2, 0.25) is 0 Å². The summed E-state index contributed by atoms with van der Waals surface area (Å²) in [6.45, 7) is 6.65. The number of allylic oxidation sites excluding steroid dienone is 10. The van der Waals surface area contributed by atoms with Gasteiger partial charge in [0, 0.05) is 19.3 Å². The first-order valence-electron chi connectivity index (χ1n) is 34.8. The summed E-state index contributed by atoms with van der Waals surface area (Å²) in [4.78, 5) is 38.4. The number of ether oxygens (including phenoxy) is 3. The van der Waals surface area contributed by atoms with Crippen molar-refractivity contribution in [1.82, 2.24) is 0 Å². The Hall–Kier alpha value is -2.89. The van der Waals surface area contributed by atoms with Crippen LogP contribution in [0.3, 0.4) is 0 Å². The molecule has 0 aromatic carbocycles. The summed E-state index contributed by atoms with van der Waals surface area (Å²) in [5, 5.41) is 0. The van der Waals surface area contributed by atoms with Gasteiger partial charge < -0.3 is 14.2 Å². The Balaban J connectivity index is 4.27. The summed E-state index contributed by atoms with van der Waals surface area (Å²) in [7, 11) is 0. The van der Waals surface area contributed by atoms with E-state index in [1.54, 1.807) is 0 Å². The van der Waals surface area contributed by atoms with Gasteiger partial charge in [0.15, 0.2) is 6.10 Å². The van der Waals surface area contributed by atoms with Crippen molar-refractivity contribution in [3.05, 3.63) is 60.8 Å². The quantitative estimate of drug-likeness (QED) is 0.0261.